The van der Waals surface area contributed by atoms with E-state index in [-0.39, 0.29) is 17.6 Å². The van der Waals surface area contributed by atoms with Crippen LogP contribution in [-0.4, -0.2) is 29.7 Å². The lowest BCUT2D eigenvalue weighted by atomic mass is 9.99. The molecule has 0 saturated carbocycles. The molecule has 3 heteroatoms. The topological polar surface area (TPSA) is 37.4 Å². The number of Topliss-reactive ketones (excluding diaryl/α,β-unsaturated/α-hetero) is 1. The summed E-state index contributed by atoms with van der Waals surface area (Å²) in [4.78, 5) is 24.1. The number of amides is 1. The number of hydrogen-bond donors (Lipinski definition) is 0. The lowest BCUT2D eigenvalue weighted by Crippen LogP contribution is -2.34. The Hall–Kier alpha value is -0.860. The van der Waals surface area contributed by atoms with E-state index in [1.807, 2.05) is 0 Å². The maximum atomic E-state index is 11.2. The van der Waals surface area contributed by atoms with Crippen molar-refractivity contribution in [3.05, 3.63) is 0 Å². The summed E-state index contributed by atoms with van der Waals surface area (Å²) >= 11 is 0. The Bertz CT molecular complexity index is 191. The summed E-state index contributed by atoms with van der Waals surface area (Å²) < 4.78 is 0. The van der Waals surface area contributed by atoms with Gasteiger partial charge < -0.3 is 4.90 Å². The molecule has 1 fully saturated rings. The molecule has 1 amide bonds. The standard InChI is InChI=1S/C10H17NO2/c1-8(12)10-5-3-4-6-11(7-10)9(2)13/h10H,3-7H2,1-2H3. The summed E-state index contributed by atoms with van der Waals surface area (Å²) in [6.07, 6.45) is 3.04. The molecule has 3 nitrogen and oxygen atoms in total. The number of nitrogens with zero attached hydrogens (tertiary/aromatic N) is 1. The van der Waals surface area contributed by atoms with Crippen LogP contribution in [0.25, 0.3) is 0 Å². The van der Waals surface area contributed by atoms with Crippen LogP contribution in [0.2, 0.25) is 0 Å². The molecule has 0 bridgehead atoms. The fraction of sp³-hybridized carbons (Fsp3) is 0.800. The van der Waals surface area contributed by atoms with E-state index < -0.39 is 0 Å². The van der Waals surface area contributed by atoms with Gasteiger partial charge in [0.05, 0.1) is 0 Å². The number of carbonyl (C=O) groups is 2. The molecule has 1 atom stereocenters. The number of hydrogen-bond acceptors (Lipinski definition) is 2. The second kappa shape index (κ2) is 4.40. The molecule has 0 N–H and O–H groups in total. The Labute approximate surface area is 79.1 Å². The first-order valence-electron chi connectivity index (χ1n) is 4.87. The van der Waals surface area contributed by atoms with Gasteiger partial charge in [-0.2, -0.15) is 0 Å². The van der Waals surface area contributed by atoms with E-state index in [4.69, 9.17) is 0 Å². The molecule has 0 radical (unpaired) electrons. The third-order valence-corrected chi connectivity index (χ3v) is 2.69. The van der Waals surface area contributed by atoms with Crippen LogP contribution < -0.4 is 0 Å². The van der Waals surface area contributed by atoms with E-state index >= 15 is 0 Å². The van der Waals surface area contributed by atoms with Crippen molar-refractivity contribution in [1.29, 1.82) is 0 Å². The molecule has 1 aliphatic heterocycles. The van der Waals surface area contributed by atoms with E-state index in [0.29, 0.717) is 6.54 Å². The molecule has 1 saturated heterocycles. The fourth-order valence-electron chi connectivity index (χ4n) is 1.76. The minimum absolute atomic E-state index is 0.0754. The maximum absolute atomic E-state index is 11.2. The van der Waals surface area contributed by atoms with Gasteiger partial charge in [-0.25, -0.2) is 0 Å². The molecule has 0 aliphatic carbocycles. The zero-order chi connectivity index (χ0) is 9.84. The average molecular weight is 183 g/mol. The molecular weight excluding hydrogens is 166 g/mol. The molecule has 1 unspecified atom stereocenters. The highest BCUT2D eigenvalue weighted by Crippen LogP contribution is 2.17. The van der Waals surface area contributed by atoms with Crippen molar-refractivity contribution in [3.8, 4) is 0 Å². The van der Waals surface area contributed by atoms with Crippen molar-refractivity contribution in [2.24, 2.45) is 5.92 Å². The zero-order valence-electron chi connectivity index (χ0n) is 8.38. The third-order valence-electron chi connectivity index (χ3n) is 2.69. The summed E-state index contributed by atoms with van der Waals surface area (Å²) in [5.74, 6) is 0.382. The van der Waals surface area contributed by atoms with Gasteiger partial charge in [0.15, 0.2) is 0 Å². The van der Waals surface area contributed by atoms with Gasteiger partial charge in [0, 0.05) is 25.9 Å². The minimum atomic E-state index is 0.0754. The van der Waals surface area contributed by atoms with Gasteiger partial charge in [0.2, 0.25) is 5.91 Å². The molecule has 0 aromatic rings. The first-order chi connectivity index (χ1) is 6.11. The van der Waals surface area contributed by atoms with Crippen LogP contribution in [0.1, 0.15) is 33.1 Å². The smallest absolute Gasteiger partial charge is 0.219 e. The molecule has 13 heavy (non-hydrogen) atoms. The third kappa shape index (κ3) is 2.83. The van der Waals surface area contributed by atoms with Crippen molar-refractivity contribution in [1.82, 2.24) is 4.90 Å². The van der Waals surface area contributed by atoms with Gasteiger partial charge in [-0.3, -0.25) is 9.59 Å². The summed E-state index contributed by atoms with van der Waals surface area (Å²) in [5, 5.41) is 0. The highest BCUT2D eigenvalue weighted by atomic mass is 16.2. The largest absolute Gasteiger partial charge is 0.342 e. The van der Waals surface area contributed by atoms with E-state index in [1.54, 1.807) is 18.7 Å². The van der Waals surface area contributed by atoms with E-state index in [2.05, 4.69) is 0 Å². The Kier molecular flexibility index (Phi) is 3.46. The molecule has 0 aromatic carbocycles. The van der Waals surface area contributed by atoms with Gasteiger partial charge in [-0.1, -0.05) is 6.42 Å². The van der Waals surface area contributed by atoms with Crippen LogP contribution in [0.5, 0.6) is 0 Å². The SMILES string of the molecule is CC(=O)C1CCCCN(C(C)=O)C1. The molecule has 1 heterocycles. The van der Waals surface area contributed by atoms with Crippen molar-refractivity contribution in [2.45, 2.75) is 33.1 Å². The summed E-state index contributed by atoms with van der Waals surface area (Å²) in [5.41, 5.74) is 0. The molecule has 74 valence electrons. The molecule has 0 aromatic heterocycles. The van der Waals surface area contributed by atoms with E-state index in [1.165, 1.54) is 0 Å². The maximum Gasteiger partial charge on any atom is 0.219 e. The van der Waals surface area contributed by atoms with Crippen LogP contribution in [0.4, 0.5) is 0 Å². The Morgan fingerprint density at radius 2 is 1.92 bits per heavy atom. The first kappa shape index (κ1) is 10.2. The Morgan fingerprint density at radius 1 is 1.23 bits per heavy atom. The second-order valence-corrected chi connectivity index (χ2v) is 3.77. The minimum Gasteiger partial charge on any atom is -0.342 e. The number of likely N-dealkylation sites (tertiary alicyclic amines) is 1. The van der Waals surface area contributed by atoms with Gasteiger partial charge in [0.25, 0.3) is 0 Å². The van der Waals surface area contributed by atoms with Crippen LogP contribution in [0.15, 0.2) is 0 Å². The molecule has 1 aliphatic rings. The molecular formula is C10H17NO2. The number of carbonyl (C=O) groups excluding carboxylic acids is 2. The predicted octanol–water partition coefficient (Wildman–Crippen LogP) is 1.22. The van der Waals surface area contributed by atoms with Crippen LogP contribution in [0.3, 0.4) is 0 Å². The van der Waals surface area contributed by atoms with Crippen molar-refractivity contribution in [2.75, 3.05) is 13.1 Å². The first-order valence-corrected chi connectivity index (χ1v) is 4.87. The van der Waals surface area contributed by atoms with E-state index in [9.17, 15) is 9.59 Å². The van der Waals surface area contributed by atoms with E-state index in [0.717, 1.165) is 25.8 Å². The number of rotatable bonds is 1. The van der Waals surface area contributed by atoms with Crippen molar-refractivity contribution < 1.29 is 9.59 Å². The second-order valence-electron chi connectivity index (χ2n) is 3.77. The zero-order valence-corrected chi connectivity index (χ0v) is 8.38. The summed E-state index contributed by atoms with van der Waals surface area (Å²) in [6.45, 7) is 4.64. The molecule has 1 rings (SSSR count). The van der Waals surface area contributed by atoms with Crippen LogP contribution in [0, 0.1) is 5.92 Å². The van der Waals surface area contributed by atoms with Crippen LogP contribution in [-0.2, 0) is 9.59 Å². The van der Waals surface area contributed by atoms with Gasteiger partial charge in [0.1, 0.15) is 5.78 Å². The summed E-state index contributed by atoms with van der Waals surface area (Å²) in [6, 6.07) is 0. The average Bonchev–Trinajstić information content (AvgIpc) is 2.28. The van der Waals surface area contributed by atoms with Gasteiger partial charge >= 0.3 is 0 Å². The highest BCUT2D eigenvalue weighted by molar-refractivity contribution is 5.80. The fourth-order valence-corrected chi connectivity index (χ4v) is 1.76. The predicted molar refractivity (Wildman–Crippen MR) is 50.3 cm³/mol. The summed E-state index contributed by atoms with van der Waals surface area (Å²) in [7, 11) is 0. The Balaban J connectivity index is 2.59. The van der Waals surface area contributed by atoms with Gasteiger partial charge in [-0.15, -0.1) is 0 Å². The van der Waals surface area contributed by atoms with Crippen LogP contribution >= 0.6 is 0 Å². The van der Waals surface area contributed by atoms with Gasteiger partial charge in [-0.05, 0) is 19.8 Å². The lowest BCUT2D eigenvalue weighted by molar-refractivity contribution is -0.130. The highest BCUT2D eigenvalue weighted by Gasteiger charge is 2.22. The monoisotopic (exact) mass is 183 g/mol. The quantitative estimate of drug-likeness (QED) is 0.613. The molecule has 0 spiro atoms. The van der Waals surface area contributed by atoms with Crippen molar-refractivity contribution >= 4 is 11.7 Å². The van der Waals surface area contributed by atoms with Crippen molar-refractivity contribution in [3.63, 3.8) is 0 Å². The Morgan fingerprint density at radius 3 is 2.46 bits per heavy atom. The lowest BCUT2D eigenvalue weighted by Gasteiger charge is -2.21. The normalized spacial score (nSPS) is 23.8. The number of ketones is 1.